The predicted molar refractivity (Wildman–Crippen MR) is 142 cm³/mol. The average molecular weight is 436 g/mol. The van der Waals surface area contributed by atoms with Crippen molar-refractivity contribution in [1.29, 1.82) is 0 Å². The van der Waals surface area contributed by atoms with E-state index in [-0.39, 0.29) is 0 Å². The van der Waals surface area contributed by atoms with Crippen LogP contribution >= 0.6 is 0 Å². The SMILES string of the molecule is CCCCCCCCCCCCN1C2=CC(N(C)C)=CCC2=Cc2ccc(N(C)C)cc21. The van der Waals surface area contributed by atoms with E-state index >= 15 is 0 Å². The molecule has 3 rings (SSSR count). The fraction of sp³-hybridized carbons (Fsp3) is 0.586. The zero-order valence-electron chi connectivity index (χ0n) is 21.3. The molecule has 0 spiro atoms. The summed E-state index contributed by atoms with van der Waals surface area (Å²) in [5.74, 6) is 0. The van der Waals surface area contributed by atoms with Gasteiger partial charge < -0.3 is 14.7 Å². The summed E-state index contributed by atoms with van der Waals surface area (Å²) in [4.78, 5) is 7.03. The van der Waals surface area contributed by atoms with Crippen LogP contribution in [0.1, 0.15) is 83.1 Å². The lowest BCUT2D eigenvalue weighted by molar-refractivity contribution is 0.524. The third kappa shape index (κ3) is 6.43. The molecule has 1 aromatic carbocycles. The van der Waals surface area contributed by atoms with Crippen molar-refractivity contribution in [2.24, 2.45) is 0 Å². The summed E-state index contributed by atoms with van der Waals surface area (Å²) in [6.07, 6.45) is 22.0. The third-order valence-corrected chi connectivity index (χ3v) is 6.84. The summed E-state index contributed by atoms with van der Waals surface area (Å²) < 4.78 is 0. The van der Waals surface area contributed by atoms with Crippen LogP contribution in [-0.2, 0) is 0 Å². The van der Waals surface area contributed by atoms with Crippen LogP contribution in [0.2, 0.25) is 0 Å². The predicted octanol–water partition coefficient (Wildman–Crippen LogP) is 7.61. The number of benzene rings is 1. The lowest BCUT2D eigenvalue weighted by Crippen LogP contribution is -2.30. The van der Waals surface area contributed by atoms with E-state index in [0.29, 0.717) is 0 Å². The number of likely N-dealkylation sites (N-methyl/N-ethyl adjacent to an activating group) is 1. The van der Waals surface area contributed by atoms with E-state index in [4.69, 9.17) is 0 Å². The lowest BCUT2D eigenvalue weighted by Gasteiger charge is -2.37. The van der Waals surface area contributed by atoms with Gasteiger partial charge in [0.2, 0.25) is 0 Å². The van der Waals surface area contributed by atoms with Gasteiger partial charge >= 0.3 is 0 Å². The van der Waals surface area contributed by atoms with E-state index in [9.17, 15) is 0 Å². The fourth-order valence-corrected chi connectivity index (χ4v) is 4.79. The Hall–Kier alpha value is -2.16. The highest BCUT2D eigenvalue weighted by atomic mass is 15.2. The van der Waals surface area contributed by atoms with Gasteiger partial charge in [-0.3, -0.25) is 0 Å². The largest absolute Gasteiger partial charge is 0.378 e. The minimum absolute atomic E-state index is 1.02. The Morgan fingerprint density at radius 2 is 1.44 bits per heavy atom. The van der Waals surface area contributed by atoms with Crippen molar-refractivity contribution in [2.45, 2.75) is 77.6 Å². The number of hydrogen-bond acceptors (Lipinski definition) is 3. The van der Waals surface area contributed by atoms with Crippen molar-refractivity contribution in [3.8, 4) is 0 Å². The number of anilines is 2. The molecule has 0 aromatic heterocycles. The van der Waals surface area contributed by atoms with Crippen molar-refractivity contribution >= 4 is 17.5 Å². The van der Waals surface area contributed by atoms with Gasteiger partial charge in [0.1, 0.15) is 0 Å². The molecule has 0 amide bonds. The van der Waals surface area contributed by atoms with Gasteiger partial charge in [0.15, 0.2) is 0 Å². The Balaban J connectivity index is 1.63. The molecule has 32 heavy (non-hydrogen) atoms. The Morgan fingerprint density at radius 1 is 0.781 bits per heavy atom. The number of allylic oxidation sites excluding steroid dienone is 3. The van der Waals surface area contributed by atoms with E-state index < -0.39 is 0 Å². The van der Waals surface area contributed by atoms with Gasteiger partial charge in [-0.2, -0.15) is 0 Å². The van der Waals surface area contributed by atoms with Crippen LogP contribution in [0.5, 0.6) is 0 Å². The number of hydrogen-bond donors (Lipinski definition) is 0. The fourth-order valence-electron chi connectivity index (χ4n) is 4.79. The molecule has 0 atom stereocenters. The molecule has 1 aromatic rings. The number of unbranched alkanes of at least 4 members (excludes halogenated alkanes) is 9. The molecule has 1 heterocycles. The van der Waals surface area contributed by atoms with E-state index in [0.717, 1.165) is 13.0 Å². The molecule has 0 bridgehead atoms. The van der Waals surface area contributed by atoms with Crippen molar-refractivity contribution in [1.82, 2.24) is 4.90 Å². The molecule has 3 nitrogen and oxygen atoms in total. The van der Waals surface area contributed by atoms with E-state index in [1.807, 2.05) is 0 Å². The van der Waals surface area contributed by atoms with Crippen molar-refractivity contribution in [2.75, 3.05) is 44.5 Å². The first-order valence-corrected chi connectivity index (χ1v) is 12.9. The van der Waals surface area contributed by atoms with Crippen LogP contribution in [0.4, 0.5) is 11.4 Å². The zero-order chi connectivity index (χ0) is 22.9. The van der Waals surface area contributed by atoms with Gasteiger partial charge in [-0.1, -0.05) is 76.9 Å². The Kier molecular flexibility index (Phi) is 9.32. The maximum Gasteiger partial charge on any atom is 0.0505 e. The van der Waals surface area contributed by atoms with Crippen LogP contribution in [0.3, 0.4) is 0 Å². The first-order chi connectivity index (χ1) is 15.5. The van der Waals surface area contributed by atoms with Crippen molar-refractivity contribution in [3.63, 3.8) is 0 Å². The van der Waals surface area contributed by atoms with Gasteiger partial charge in [-0.05, 0) is 48.3 Å². The summed E-state index contributed by atoms with van der Waals surface area (Å²) in [5, 5.41) is 0. The van der Waals surface area contributed by atoms with Crippen molar-refractivity contribution in [3.05, 3.63) is 52.9 Å². The number of nitrogens with zero attached hydrogens (tertiary/aromatic N) is 3. The lowest BCUT2D eigenvalue weighted by atomic mass is 9.92. The minimum Gasteiger partial charge on any atom is -0.378 e. The van der Waals surface area contributed by atoms with Gasteiger partial charge in [0.05, 0.1) is 5.69 Å². The van der Waals surface area contributed by atoms with Crippen LogP contribution in [0.15, 0.2) is 47.3 Å². The topological polar surface area (TPSA) is 9.72 Å². The molecular formula is C29H45N3. The maximum absolute atomic E-state index is 2.60. The standard InChI is InChI=1S/C29H45N3/c1-6-7-8-9-10-11-12-13-14-15-20-32-28-22-26(30(2)3)18-16-24(28)21-25-17-19-27(31(4)5)23-29(25)32/h16,18-19,21-23H,6-15,17,20H2,1-5H3. The van der Waals surface area contributed by atoms with Crippen molar-refractivity contribution < 1.29 is 0 Å². The highest BCUT2D eigenvalue weighted by Crippen LogP contribution is 2.41. The number of rotatable bonds is 13. The van der Waals surface area contributed by atoms with E-state index in [1.54, 1.807) is 0 Å². The molecule has 3 heteroatoms. The van der Waals surface area contributed by atoms with Gasteiger partial charge in [0.25, 0.3) is 0 Å². The van der Waals surface area contributed by atoms with Crippen LogP contribution in [0, 0.1) is 0 Å². The van der Waals surface area contributed by atoms with Gasteiger partial charge in [-0.15, -0.1) is 0 Å². The molecule has 0 radical (unpaired) electrons. The molecule has 0 unspecified atom stereocenters. The summed E-state index contributed by atoms with van der Waals surface area (Å²) in [6, 6.07) is 6.91. The second-order valence-electron chi connectivity index (χ2n) is 9.90. The average Bonchev–Trinajstić information content (AvgIpc) is 2.78. The molecule has 0 fully saturated rings. The Labute approximate surface area is 197 Å². The van der Waals surface area contributed by atoms with Crippen LogP contribution in [-0.4, -0.2) is 39.6 Å². The third-order valence-electron chi connectivity index (χ3n) is 6.84. The monoisotopic (exact) mass is 435 g/mol. The maximum atomic E-state index is 2.60. The molecule has 176 valence electrons. The summed E-state index contributed by atoms with van der Waals surface area (Å²) in [5.41, 5.74) is 8.16. The van der Waals surface area contributed by atoms with Crippen LogP contribution in [0.25, 0.3) is 6.08 Å². The molecule has 1 aliphatic carbocycles. The van der Waals surface area contributed by atoms with Gasteiger partial charge in [0, 0.05) is 51.8 Å². The first kappa shape index (κ1) is 24.5. The number of fused-ring (bicyclic) bond motifs is 2. The summed E-state index contributed by atoms with van der Waals surface area (Å²) >= 11 is 0. The van der Waals surface area contributed by atoms with Crippen LogP contribution < -0.4 is 9.80 Å². The quantitative estimate of drug-likeness (QED) is 0.295. The normalized spacial score (nSPS) is 14.9. The molecule has 0 saturated heterocycles. The first-order valence-electron chi connectivity index (χ1n) is 12.9. The Bertz CT molecular complexity index is 829. The minimum atomic E-state index is 1.02. The second-order valence-corrected chi connectivity index (χ2v) is 9.90. The van der Waals surface area contributed by atoms with E-state index in [2.05, 4.69) is 86.2 Å². The molecular weight excluding hydrogens is 390 g/mol. The molecule has 0 saturated carbocycles. The second kappa shape index (κ2) is 12.2. The highest BCUT2D eigenvalue weighted by molar-refractivity contribution is 5.83. The molecule has 0 N–H and O–H groups in total. The zero-order valence-corrected chi connectivity index (χ0v) is 21.3. The molecule has 2 aliphatic rings. The molecule has 1 aliphatic heterocycles. The Morgan fingerprint density at radius 3 is 2.06 bits per heavy atom. The van der Waals surface area contributed by atoms with E-state index in [1.165, 1.54) is 98.1 Å². The summed E-state index contributed by atoms with van der Waals surface area (Å²) in [6.45, 7) is 3.39. The van der Waals surface area contributed by atoms with Gasteiger partial charge in [-0.25, -0.2) is 0 Å². The highest BCUT2D eigenvalue weighted by Gasteiger charge is 2.25. The summed E-state index contributed by atoms with van der Waals surface area (Å²) in [7, 11) is 8.55. The smallest absolute Gasteiger partial charge is 0.0505 e.